The van der Waals surface area contributed by atoms with Crippen molar-refractivity contribution in [3.63, 3.8) is 0 Å². The third-order valence-corrected chi connectivity index (χ3v) is 12.4. The molecule has 12 rings (SSSR count). The molecule has 0 amide bonds. The molecule has 0 bridgehead atoms. The second-order valence-electron chi connectivity index (χ2n) is 15.5. The van der Waals surface area contributed by atoms with Gasteiger partial charge in [-0.2, -0.15) is 0 Å². The van der Waals surface area contributed by atoms with Crippen LogP contribution in [-0.4, -0.2) is 15.0 Å². The van der Waals surface area contributed by atoms with Gasteiger partial charge in [0.25, 0.3) is 0 Å². The molecule has 0 N–H and O–H groups in total. The van der Waals surface area contributed by atoms with Crippen molar-refractivity contribution >= 4 is 10.8 Å². The minimum absolute atomic E-state index is 0.342. The van der Waals surface area contributed by atoms with Gasteiger partial charge in [0, 0.05) is 16.7 Å². The van der Waals surface area contributed by atoms with Crippen molar-refractivity contribution in [1.29, 1.82) is 0 Å². The number of nitrogens with zero attached hydrogens (tertiary/aromatic N) is 3. The van der Waals surface area contributed by atoms with Crippen molar-refractivity contribution in [3.8, 4) is 78.7 Å². The van der Waals surface area contributed by atoms with Gasteiger partial charge in [0.2, 0.25) is 0 Å². The molecule has 3 nitrogen and oxygen atoms in total. The average Bonchev–Trinajstić information content (AvgIpc) is 3.79. The molecule has 0 unspecified atom stereocenters. The van der Waals surface area contributed by atoms with Crippen molar-refractivity contribution in [3.05, 3.63) is 235 Å². The van der Waals surface area contributed by atoms with Gasteiger partial charge >= 0.3 is 0 Å². The van der Waals surface area contributed by atoms with Crippen molar-refractivity contribution in [1.82, 2.24) is 15.0 Å². The van der Waals surface area contributed by atoms with Gasteiger partial charge in [-0.15, -0.1) is 0 Å². The highest BCUT2D eigenvalue weighted by Crippen LogP contribution is 2.62. The number of hydrogen-bond acceptors (Lipinski definition) is 3. The predicted molar refractivity (Wildman–Crippen MR) is 241 cm³/mol. The first-order chi connectivity index (χ1) is 29.2. The van der Waals surface area contributed by atoms with E-state index >= 15 is 0 Å². The topological polar surface area (TPSA) is 38.7 Å². The van der Waals surface area contributed by atoms with Gasteiger partial charge in [0.15, 0.2) is 17.5 Å². The normalized spacial score (nSPS) is 12.9. The Labute approximate surface area is 343 Å². The molecule has 3 heteroatoms. The van der Waals surface area contributed by atoms with E-state index in [1.54, 1.807) is 0 Å². The van der Waals surface area contributed by atoms with Crippen LogP contribution < -0.4 is 0 Å². The minimum atomic E-state index is -0.342. The molecule has 2 aliphatic rings. The SMILES string of the molecule is c1ccc(-c2nc(-c3ccc(-c4ccc5c(c4)-c4ccccc4C54c5ccccc5-c5ccccc54)cc3)nc(-c3ccc(-c4ccc5ccccc5c4)cc3)n2)cc1. The Morgan fingerprint density at radius 3 is 1.17 bits per heavy atom. The van der Waals surface area contributed by atoms with Crippen LogP contribution in [-0.2, 0) is 5.41 Å². The summed E-state index contributed by atoms with van der Waals surface area (Å²) in [7, 11) is 0. The Kier molecular flexibility index (Phi) is 7.45. The number of fused-ring (bicyclic) bond motifs is 11. The van der Waals surface area contributed by atoms with E-state index in [9.17, 15) is 0 Å². The van der Waals surface area contributed by atoms with Crippen LogP contribution in [0, 0.1) is 0 Å². The summed E-state index contributed by atoms with van der Waals surface area (Å²) in [6, 6.07) is 76.3. The highest BCUT2D eigenvalue weighted by Gasteiger charge is 2.51. The Morgan fingerprint density at radius 1 is 0.237 bits per heavy atom. The molecule has 2 aliphatic carbocycles. The van der Waals surface area contributed by atoms with E-state index in [-0.39, 0.29) is 5.41 Å². The summed E-state index contributed by atoms with van der Waals surface area (Å²) in [5.41, 5.74) is 17.8. The first-order valence-electron chi connectivity index (χ1n) is 20.2. The van der Waals surface area contributed by atoms with Crippen LogP contribution in [0.1, 0.15) is 22.3 Å². The molecular weight excluding hydrogens is 715 g/mol. The van der Waals surface area contributed by atoms with Gasteiger partial charge in [0.05, 0.1) is 5.41 Å². The summed E-state index contributed by atoms with van der Waals surface area (Å²) < 4.78 is 0. The van der Waals surface area contributed by atoms with Crippen molar-refractivity contribution in [2.45, 2.75) is 5.41 Å². The van der Waals surface area contributed by atoms with Crippen molar-refractivity contribution in [2.75, 3.05) is 0 Å². The Hall–Kier alpha value is -7.75. The van der Waals surface area contributed by atoms with Crippen molar-refractivity contribution in [2.24, 2.45) is 0 Å². The Balaban J connectivity index is 0.919. The van der Waals surface area contributed by atoms with Gasteiger partial charge in [-0.25, -0.2) is 15.0 Å². The summed E-state index contributed by atoms with van der Waals surface area (Å²) in [6.45, 7) is 0. The van der Waals surface area contributed by atoms with Crippen LogP contribution in [0.4, 0.5) is 0 Å². The maximum absolute atomic E-state index is 5.07. The van der Waals surface area contributed by atoms with Crippen LogP contribution in [0.2, 0.25) is 0 Å². The van der Waals surface area contributed by atoms with Crippen LogP contribution >= 0.6 is 0 Å². The van der Waals surface area contributed by atoms with Crippen LogP contribution in [0.3, 0.4) is 0 Å². The van der Waals surface area contributed by atoms with E-state index in [0.717, 1.165) is 27.8 Å². The van der Waals surface area contributed by atoms with Crippen LogP contribution in [0.15, 0.2) is 212 Å². The smallest absolute Gasteiger partial charge is 0.164 e. The summed E-state index contributed by atoms with van der Waals surface area (Å²) in [6.07, 6.45) is 0. The van der Waals surface area contributed by atoms with Gasteiger partial charge in [-0.1, -0.05) is 200 Å². The van der Waals surface area contributed by atoms with E-state index < -0.39 is 0 Å². The van der Waals surface area contributed by atoms with Gasteiger partial charge in [-0.3, -0.25) is 0 Å². The molecule has 1 aromatic heterocycles. The number of benzene rings is 9. The lowest BCUT2D eigenvalue weighted by atomic mass is 9.70. The minimum Gasteiger partial charge on any atom is -0.208 e. The fourth-order valence-electron chi connectivity index (χ4n) is 9.62. The molecule has 0 atom stereocenters. The molecule has 0 saturated carbocycles. The Morgan fingerprint density at radius 2 is 0.610 bits per heavy atom. The molecular formula is C56H35N3. The molecule has 59 heavy (non-hydrogen) atoms. The summed E-state index contributed by atoms with van der Waals surface area (Å²) in [5.74, 6) is 1.93. The van der Waals surface area contributed by atoms with E-state index in [1.165, 1.54) is 66.4 Å². The lowest BCUT2D eigenvalue weighted by Gasteiger charge is -2.30. The molecule has 274 valence electrons. The molecule has 0 radical (unpaired) electrons. The quantitative estimate of drug-likeness (QED) is 0.176. The van der Waals surface area contributed by atoms with Gasteiger partial charge in [-0.05, 0) is 89.7 Å². The highest BCUT2D eigenvalue weighted by molar-refractivity contribution is 5.96. The first kappa shape index (κ1) is 33.4. The average molecular weight is 750 g/mol. The monoisotopic (exact) mass is 749 g/mol. The maximum Gasteiger partial charge on any atom is 0.164 e. The first-order valence-corrected chi connectivity index (χ1v) is 20.2. The fraction of sp³-hybridized carbons (Fsp3) is 0.0179. The molecule has 1 spiro atoms. The largest absolute Gasteiger partial charge is 0.208 e. The predicted octanol–water partition coefficient (Wildman–Crippen LogP) is 13.7. The van der Waals surface area contributed by atoms with E-state index in [1.807, 2.05) is 30.3 Å². The summed E-state index contributed by atoms with van der Waals surface area (Å²) in [5, 5.41) is 2.46. The van der Waals surface area contributed by atoms with Gasteiger partial charge in [0.1, 0.15) is 0 Å². The van der Waals surface area contributed by atoms with Crippen LogP contribution in [0.5, 0.6) is 0 Å². The number of rotatable bonds is 5. The number of hydrogen-bond donors (Lipinski definition) is 0. The fourth-order valence-corrected chi connectivity index (χ4v) is 9.62. The zero-order valence-corrected chi connectivity index (χ0v) is 32.0. The Bertz CT molecular complexity index is 3210. The second-order valence-corrected chi connectivity index (χ2v) is 15.5. The zero-order chi connectivity index (χ0) is 38.9. The second kappa shape index (κ2) is 13.2. The molecule has 10 aromatic rings. The van der Waals surface area contributed by atoms with Gasteiger partial charge < -0.3 is 0 Å². The zero-order valence-electron chi connectivity index (χ0n) is 32.0. The third-order valence-electron chi connectivity index (χ3n) is 12.4. The summed E-state index contributed by atoms with van der Waals surface area (Å²) in [4.78, 5) is 15.1. The maximum atomic E-state index is 5.07. The van der Waals surface area contributed by atoms with E-state index in [4.69, 9.17) is 15.0 Å². The molecule has 1 heterocycles. The number of aromatic nitrogens is 3. The van der Waals surface area contributed by atoms with E-state index in [0.29, 0.717) is 17.5 Å². The molecule has 0 aliphatic heterocycles. The standard InChI is InChI=1S/C56H35N3/c1-2-13-39(14-3-1)53-57-54(40-27-22-37(23-28-40)43-31-26-36-12-4-5-15-42(36)34-43)59-55(58-53)41-29-24-38(25-30-41)44-32-33-52-48(35-44)47-18-8-11-21-51(47)56(52)49-19-9-6-16-45(49)46-17-7-10-20-50(46)56/h1-35H. The lowest BCUT2D eigenvalue weighted by molar-refractivity contribution is 0.794. The molecule has 9 aromatic carbocycles. The molecule has 0 saturated heterocycles. The van der Waals surface area contributed by atoms with Crippen LogP contribution in [0.25, 0.3) is 89.4 Å². The van der Waals surface area contributed by atoms with E-state index in [2.05, 4.69) is 182 Å². The lowest BCUT2D eigenvalue weighted by Crippen LogP contribution is -2.25. The third kappa shape index (κ3) is 5.18. The van der Waals surface area contributed by atoms with Crippen molar-refractivity contribution < 1.29 is 0 Å². The highest BCUT2D eigenvalue weighted by atomic mass is 15.0. The summed E-state index contributed by atoms with van der Waals surface area (Å²) >= 11 is 0. The molecule has 0 fully saturated rings.